The molecule has 6 heteroatoms. The van der Waals surface area contributed by atoms with Crippen molar-refractivity contribution in [2.24, 2.45) is 0 Å². The largest absolute Gasteiger partial charge is 0.573 e. The predicted octanol–water partition coefficient (Wildman–Crippen LogP) is 2.36. The summed E-state index contributed by atoms with van der Waals surface area (Å²) in [4.78, 5) is 12.8. The van der Waals surface area contributed by atoms with Gasteiger partial charge in [0.2, 0.25) is 0 Å². The number of benzene rings is 1. The molecule has 0 amide bonds. The number of hydrogen-bond acceptors (Lipinski definition) is 3. The maximum atomic E-state index is 12.0. The maximum absolute atomic E-state index is 12.0. The fourth-order valence-corrected chi connectivity index (χ4v) is 1.73. The SMILES string of the molecule is O=C1CCN(c2cccc(OC(F)(F)F)c2)C1. The van der Waals surface area contributed by atoms with Gasteiger partial charge in [0.05, 0.1) is 6.54 Å². The number of ketones is 1. The molecule has 1 aromatic rings. The number of anilines is 1. The Labute approximate surface area is 95.8 Å². The normalized spacial score (nSPS) is 16.4. The Kier molecular flexibility index (Phi) is 2.95. The van der Waals surface area contributed by atoms with Gasteiger partial charge in [-0.05, 0) is 12.1 Å². The summed E-state index contributed by atoms with van der Waals surface area (Å²) in [5.41, 5.74) is 0.567. The number of rotatable bonds is 2. The minimum absolute atomic E-state index is 0.0899. The lowest BCUT2D eigenvalue weighted by Crippen LogP contribution is -2.20. The van der Waals surface area contributed by atoms with Crippen molar-refractivity contribution in [1.29, 1.82) is 0 Å². The molecule has 1 heterocycles. The van der Waals surface area contributed by atoms with E-state index in [2.05, 4.69) is 4.74 Å². The first-order chi connectivity index (χ1) is 7.94. The molecule has 1 fully saturated rings. The molecular weight excluding hydrogens is 235 g/mol. The first-order valence-electron chi connectivity index (χ1n) is 5.06. The first-order valence-corrected chi connectivity index (χ1v) is 5.06. The lowest BCUT2D eigenvalue weighted by atomic mass is 10.3. The number of nitrogens with zero attached hydrogens (tertiary/aromatic N) is 1. The Bertz CT molecular complexity index is 431. The van der Waals surface area contributed by atoms with E-state index < -0.39 is 6.36 Å². The van der Waals surface area contributed by atoms with E-state index in [0.29, 0.717) is 18.7 Å². The topological polar surface area (TPSA) is 29.5 Å². The summed E-state index contributed by atoms with van der Waals surface area (Å²) in [6.07, 6.45) is -4.26. The molecule has 0 bridgehead atoms. The Balaban J connectivity index is 2.14. The van der Waals surface area contributed by atoms with Gasteiger partial charge >= 0.3 is 6.36 Å². The quantitative estimate of drug-likeness (QED) is 0.801. The first kappa shape index (κ1) is 11.8. The van der Waals surface area contributed by atoms with Crippen molar-refractivity contribution in [3.8, 4) is 5.75 Å². The minimum Gasteiger partial charge on any atom is -0.406 e. The molecule has 1 aliphatic rings. The van der Waals surface area contributed by atoms with E-state index in [1.54, 1.807) is 11.0 Å². The molecule has 0 aliphatic carbocycles. The van der Waals surface area contributed by atoms with Gasteiger partial charge in [-0.1, -0.05) is 6.07 Å². The average Bonchev–Trinajstić information content (AvgIpc) is 2.63. The van der Waals surface area contributed by atoms with E-state index >= 15 is 0 Å². The molecular formula is C11H10F3NO2. The smallest absolute Gasteiger partial charge is 0.406 e. The second-order valence-electron chi connectivity index (χ2n) is 3.76. The zero-order valence-electron chi connectivity index (χ0n) is 8.83. The van der Waals surface area contributed by atoms with E-state index in [-0.39, 0.29) is 18.1 Å². The van der Waals surface area contributed by atoms with Crippen LogP contribution in [0.4, 0.5) is 18.9 Å². The lowest BCUT2D eigenvalue weighted by Gasteiger charge is -2.17. The molecule has 1 aliphatic heterocycles. The number of alkyl halides is 3. The van der Waals surface area contributed by atoms with Crippen molar-refractivity contribution in [2.45, 2.75) is 12.8 Å². The van der Waals surface area contributed by atoms with Crippen molar-refractivity contribution in [3.05, 3.63) is 24.3 Å². The number of ether oxygens (including phenoxy) is 1. The standard InChI is InChI=1S/C11H10F3NO2/c12-11(13,14)17-10-3-1-2-8(6-10)15-5-4-9(16)7-15/h1-3,6H,4-5,7H2. The van der Waals surface area contributed by atoms with E-state index in [0.717, 1.165) is 0 Å². The molecule has 0 unspecified atom stereocenters. The van der Waals surface area contributed by atoms with Crippen LogP contribution in [-0.4, -0.2) is 25.2 Å². The van der Waals surface area contributed by atoms with Gasteiger partial charge in [-0.15, -0.1) is 13.2 Å². The number of hydrogen-bond donors (Lipinski definition) is 0. The van der Waals surface area contributed by atoms with E-state index in [9.17, 15) is 18.0 Å². The Morgan fingerprint density at radius 3 is 2.65 bits per heavy atom. The van der Waals surface area contributed by atoms with Gasteiger partial charge in [0.1, 0.15) is 5.75 Å². The van der Waals surface area contributed by atoms with Gasteiger partial charge in [-0.25, -0.2) is 0 Å². The number of carbonyl (C=O) groups excluding carboxylic acids is 1. The molecule has 3 nitrogen and oxygen atoms in total. The van der Waals surface area contributed by atoms with Crippen LogP contribution in [0.3, 0.4) is 0 Å². The zero-order chi connectivity index (χ0) is 12.5. The van der Waals surface area contributed by atoms with Crippen molar-refractivity contribution in [3.63, 3.8) is 0 Å². The number of carbonyl (C=O) groups is 1. The van der Waals surface area contributed by atoms with Gasteiger partial charge in [0.15, 0.2) is 5.78 Å². The summed E-state index contributed by atoms with van der Waals surface area (Å²) in [5.74, 6) is -0.179. The van der Waals surface area contributed by atoms with Crippen molar-refractivity contribution in [1.82, 2.24) is 0 Å². The van der Waals surface area contributed by atoms with Crippen LogP contribution in [0.5, 0.6) is 5.75 Å². The van der Waals surface area contributed by atoms with Crippen LogP contribution in [0.25, 0.3) is 0 Å². The fraction of sp³-hybridized carbons (Fsp3) is 0.364. The molecule has 0 saturated carbocycles. The summed E-state index contributed by atoms with van der Waals surface area (Å²) in [5, 5.41) is 0. The monoisotopic (exact) mass is 245 g/mol. The second-order valence-corrected chi connectivity index (χ2v) is 3.76. The van der Waals surface area contributed by atoms with Crippen LogP contribution in [-0.2, 0) is 4.79 Å². The van der Waals surface area contributed by atoms with Crippen molar-refractivity contribution < 1.29 is 22.7 Å². The Morgan fingerprint density at radius 1 is 1.29 bits per heavy atom. The summed E-state index contributed by atoms with van der Waals surface area (Å²) < 4.78 is 39.9. The van der Waals surface area contributed by atoms with E-state index in [1.807, 2.05) is 0 Å². The van der Waals surface area contributed by atoms with Crippen LogP contribution in [0.2, 0.25) is 0 Å². The zero-order valence-corrected chi connectivity index (χ0v) is 8.83. The van der Waals surface area contributed by atoms with Crippen LogP contribution in [0.1, 0.15) is 6.42 Å². The highest BCUT2D eigenvalue weighted by Gasteiger charge is 2.31. The third-order valence-electron chi connectivity index (χ3n) is 2.44. The second kappa shape index (κ2) is 4.27. The molecule has 0 aromatic heterocycles. The van der Waals surface area contributed by atoms with Crippen LogP contribution in [0.15, 0.2) is 24.3 Å². The molecule has 2 rings (SSSR count). The highest BCUT2D eigenvalue weighted by atomic mass is 19.4. The summed E-state index contributed by atoms with van der Waals surface area (Å²) in [6, 6.07) is 5.64. The lowest BCUT2D eigenvalue weighted by molar-refractivity contribution is -0.274. The highest BCUT2D eigenvalue weighted by Crippen LogP contribution is 2.27. The van der Waals surface area contributed by atoms with Crippen molar-refractivity contribution >= 4 is 11.5 Å². The molecule has 1 saturated heterocycles. The maximum Gasteiger partial charge on any atom is 0.573 e. The fourth-order valence-electron chi connectivity index (χ4n) is 1.73. The predicted molar refractivity (Wildman–Crippen MR) is 55.0 cm³/mol. The molecule has 1 aromatic carbocycles. The molecule has 0 N–H and O–H groups in total. The third kappa shape index (κ3) is 3.12. The van der Waals surface area contributed by atoms with Crippen LogP contribution >= 0.6 is 0 Å². The average molecular weight is 245 g/mol. The van der Waals surface area contributed by atoms with Gasteiger partial charge in [0.25, 0.3) is 0 Å². The van der Waals surface area contributed by atoms with Crippen molar-refractivity contribution in [2.75, 3.05) is 18.0 Å². The minimum atomic E-state index is -4.69. The Morgan fingerprint density at radius 2 is 2.06 bits per heavy atom. The molecule has 17 heavy (non-hydrogen) atoms. The molecule has 92 valence electrons. The van der Waals surface area contributed by atoms with Crippen LogP contribution in [0, 0.1) is 0 Å². The van der Waals surface area contributed by atoms with E-state index in [4.69, 9.17) is 0 Å². The van der Waals surface area contributed by atoms with Gasteiger partial charge in [-0.2, -0.15) is 0 Å². The highest BCUT2D eigenvalue weighted by molar-refractivity contribution is 5.87. The number of Topliss-reactive ketones (excluding diaryl/α,β-unsaturated/α-hetero) is 1. The van der Waals surface area contributed by atoms with Gasteiger partial charge in [0, 0.05) is 24.7 Å². The van der Waals surface area contributed by atoms with Crippen LogP contribution < -0.4 is 9.64 Å². The number of halogens is 3. The van der Waals surface area contributed by atoms with E-state index in [1.165, 1.54) is 18.2 Å². The summed E-state index contributed by atoms with van der Waals surface area (Å²) >= 11 is 0. The summed E-state index contributed by atoms with van der Waals surface area (Å²) in [7, 11) is 0. The van der Waals surface area contributed by atoms with Gasteiger partial charge < -0.3 is 9.64 Å². The Hall–Kier alpha value is -1.72. The van der Waals surface area contributed by atoms with Gasteiger partial charge in [-0.3, -0.25) is 4.79 Å². The summed E-state index contributed by atoms with van der Waals surface area (Å²) in [6.45, 7) is 0.782. The molecule has 0 radical (unpaired) electrons. The molecule has 0 atom stereocenters. The third-order valence-corrected chi connectivity index (χ3v) is 2.44. The molecule has 0 spiro atoms.